The Morgan fingerprint density at radius 2 is 2.33 bits per heavy atom. The molecule has 18 heavy (non-hydrogen) atoms. The number of halogens is 1. The molecular formula is C12H12BrN3O2. The molecule has 0 aliphatic heterocycles. The van der Waals surface area contributed by atoms with Crippen molar-refractivity contribution >= 4 is 21.8 Å². The molecule has 94 valence electrons. The molecule has 3 N–H and O–H groups in total. The number of nitrogens with one attached hydrogen (secondary N) is 2. The van der Waals surface area contributed by atoms with Crippen LogP contribution in [0.25, 0.3) is 0 Å². The number of benzene rings is 1. The monoisotopic (exact) mass is 309 g/mol. The van der Waals surface area contributed by atoms with E-state index < -0.39 is 0 Å². The lowest BCUT2D eigenvalue weighted by molar-refractivity contribution is 0.0939. The first kappa shape index (κ1) is 12.6. The second-order valence-corrected chi connectivity index (χ2v) is 4.75. The third-order valence-corrected chi connectivity index (χ3v) is 3.25. The lowest BCUT2D eigenvalue weighted by Crippen LogP contribution is -2.26. The number of carbonyl (C=O) groups excluding carboxylic acids is 1. The van der Waals surface area contributed by atoms with E-state index in [4.69, 9.17) is 0 Å². The van der Waals surface area contributed by atoms with Crippen LogP contribution < -0.4 is 5.32 Å². The summed E-state index contributed by atoms with van der Waals surface area (Å²) < 4.78 is 0.557. The molecule has 1 amide bonds. The van der Waals surface area contributed by atoms with Gasteiger partial charge in [-0.05, 0) is 41.1 Å². The Morgan fingerprint density at radius 3 is 2.94 bits per heavy atom. The summed E-state index contributed by atoms with van der Waals surface area (Å²) in [6.07, 6.45) is 3.38. The Labute approximate surface area is 112 Å². The highest BCUT2D eigenvalue weighted by Gasteiger charge is 2.13. The number of carbonyl (C=O) groups is 1. The molecule has 1 heterocycles. The van der Waals surface area contributed by atoms with Gasteiger partial charge in [0.2, 0.25) is 0 Å². The van der Waals surface area contributed by atoms with E-state index in [-0.39, 0.29) is 17.7 Å². The van der Waals surface area contributed by atoms with Crippen molar-refractivity contribution in [2.75, 3.05) is 0 Å². The quantitative estimate of drug-likeness (QED) is 0.814. The first-order valence-electron chi connectivity index (χ1n) is 5.36. The summed E-state index contributed by atoms with van der Waals surface area (Å²) in [4.78, 5) is 11.9. The summed E-state index contributed by atoms with van der Waals surface area (Å²) in [5, 5.41) is 18.9. The largest absolute Gasteiger partial charge is 0.507 e. The maximum Gasteiger partial charge on any atom is 0.251 e. The van der Waals surface area contributed by atoms with Crippen LogP contribution >= 0.6 is 15.9 Å². The topological polar surface area (TPSA) is 78.0 Å². The Morgan fingerprint density at radius 1 is 1.56 bits per heavy atom. The minimum absolute atomic E-state index is 0.0404. The Hall–Kier alpha value is -1.82. The summed E-state index contributed by atoms with van der Waals surface area (Å²) in [5.74, 6) is -0.204. The van der Waals surface area contributed by atoms with Gasteiger partial charge in [-0.3, -0.25) is 9.89 Å². The Bertz CT molecular complexity index is 554. The van der Waals surface area contributed by atoms with Gasteiger partial charge in [0.05, 0.1) is 16.7 Å². The molecule has 6 heteroatoms. The maximum atomic E-state index is 11.9. The second-order valence-electron chi connectivity index (χ2n) is 3.89. The molecule has 0 saturated heterocycles. The summed E-state index contributed by atoms with van der Waals surface area (Å²) in [7, 11) is 0. The van der Waals surface area contributed by atoms with Crippen LogP contribution in [0.1, 0.15) is 28.9 Å². The summed E-state index contributed by atoms with van der Waals surface area (Å²) >= 11 is 3.17. The third kappa shape index (κ3) is 2.70. The standard InChI is InChI=1S/C12H12BrN3O2/c1-7(9-5-14-15-6-9)16-12(18)8-2-3-10(13)11(17)4-8/h2-7,17H,1H3,(H,14,15)(H,16,18). The van der Waals surface area contributed by atoms with Crippen molar-refractivity contribution in [1.82, 2.24) is 15.5 Å². The minimum atomic E-state index is -0.244. The van der Waals surface area contributed by atoms with Gasteiger partial charge in [-0.25, -0.2) is 0 Å². The van der Waals surface area contributed by atoms with Crippen molar-refractivity contribution in [1.29, 1.82) is 0 Å². The Kier molecular flexibility index (Phi) is 3.66. The highest BCUT2D eigenvalue weighted by molar-refractivity contribution is 9.10. The number of phenols is 1. The minimum Gasteiger partial charge on any atom is -0.507 e. The molecule has 5 nitrogen and oxygen atoms in total. The van der Waals surface area contributed by atoms with Crippen LogP contribution in [0.5, 0.6) is 5.75 Å². The van der Waals surface area contributed by atoms with E-state index in [1.54, 1.807) is 24.5 Å². The molecule has 1 aromatic carbocycles. The molecule has 0 aliphatic rings. The molecule has 1 unspecified atom stereocenters. The number of hydrogen-bond acceptors (Lipinski definition) is 3. The van der Waals surface area contributed by atoms with Gasteiger partial charge in [-0.1, -0.05) is 0 Å². The highest BCUT2D eigenvalue weighted by atomic mass is 79.9. The molecule has 0 saturated carbocycles. The van der Waals surface area contributed by atoms with Crippen LogP contribution in [-0.4, -0.2) is 21.2 Å². The first-order valence-corrected chi connectivity index (χ1v) is 6.15. The number of aromatic nitrogens is 2. The van der Waals surface area contributed by atoms with Gasteiger partial charge >= 0.3 is 0 Å². The average Bonchev–Trinajstić information content (AvgIpc) is 2.86. The van der Waals surface area contributed by atoms with Crippen LogP contribution in [-0.2, 0) is 0 Å². The number of H-pyrrole nitrogens is 1. The van der Waals surface area contributed by atoms with E-state index in [9.17, 15) is 9.90 Å². The van der Waals surface area contributed by atoms with E-state index in [1.807, 2.05) is 6.92 Å². The number of hydrogen-bond donors (Lipinski definition) is 3. The van der Waals surface area contributed by atoms with Crippen LogP contribution in [0.15, 0.2) is 35.1 Å². The van der Waals surface area contributed by atoms with Gasteiger partial charge in [0.1, 0.15) is 5.75 Å². The van der Waals surface area contributed by atoms with E-state index in [0.29, 0.717) is 10.0 Å². The number of aromatic hydroxyl groups is 1. The van der Waals surface area contributed by atoms with Gasteiger partial charge in [-0.15, -0.1) is 0 Å². The number of nitrogens with zero attached hydrogens (tertiary/aromatic N) is 1. The summed E-state index contributed by atoms with van der Waals surface area (Å²) in [6, 6.07) is 4.54. The number of amides is 1. The molecule has 0 radical (unpaired) electrons. The SMILES string of the molecule is CC(NC(=O)c1ccc(Br)c(O)c1)c1cn[nH]c1. The van der Waals surface area contributed by atoms with E-state index in [0.717, 1.165) is 5.56 Å². The van der Waals surface area contributed by atoms with Crippen molar-refractivity contribution in [3.05, 3.63) is 46.2 Å². The highest BCUT2D eigenvalue weighted by Crippen LogP contribution is 2.24. The van der Waals surface area contributed by atoms with Crippen LogP contribution in [0.3, 0.4) is 0 Å². The van der Waals surface area contributed by atoms with E-state index >= 15 is 0 Å². The first-order chi connectivity index (χ1) is 8.58. The maximum absolute atomic E-state index is 11.9. The van der Waals surface area contributed by atoms with Gasteiger partial charge in [0.15, 0.2) is 0 Å². The zero-order valence-corrected chi connectivity index (χ0v) is 11.2. The lowest BCUT2D eigenvalue weighted by atomic mass is 10.1. The van der Waals surface area contributed by atoms with Gasteiger partial charge in [0, 0.05) is 17.3 Å². The van der Waals surface area contributed by atoms with Crippen molar-refractivity contribution in [3.8, 4) is 5.75 Å². The van der Waals surface area contributed by atoms with Crippen molar-refractivity contribution < 1.29 is 9.90 Å². The fourth-order valence-corrected chi connectivity index (χ4v) is 1.76. The molecule has 1 atom stereocenters. The zero-order chi connectivity index (χ0) is 13.1. The molecule has 0 bridgehead atoms. The fraction of sp³-hybridized carbons (Fsp3) is 0.167. The molecule has 0 spiro atoms. The van der Waals surface area contributed by atoms with Gasteiger partial charge < -0.3 is 10.4 Å². The predicted octanol–water partition coefficient (Wildman–Crippen LogP) is 2.37. The molecular weight excluding hydrogens is 298 g/mol. The normalized spacial score (nSPS) is 12.1. The molecule has 2 aromatic rings. The fourth-order valence-electron chi connectivity index (χ4n) is 1.51. The van der Waals surface area contributed by atoms with Gasteiger partial charge in [0.25, 0.3) is 5.91 Å². The lowest BCUT2D eigenvalue weighted by Gasteiger charge is -2.12. The smallest absolute Gasteiger partial charge is 0.251 e. The molecule has 0 aliphatic carbocycles. The summed E-state index contributed by atoms with van der Waals surface area (Å²) in [5.41, 5.74) is 1.30. The van der Waals surface area contributed by atoms with Crippen molar-refractivity contribution in [3.63, 3.8) is 0 Å². The van der Waals surface area contributed by atoms with Crippen LogP contribution in [0.4, 0.5) is 0 Å². The van der Waals surface area contributed by atoms with Gasteiger partial charge in [-0.2, -0.15) is 5.10 Å². The van der Waals surface area contributed by atoms with E-state index in [1.165, 1.54) is 6.07 Å². The Balaban J connectivity index is 2.10. The van der Waals surface area contributed by atoms with Crippen LogP contribution in [0.2, 0.25) is 0 Å². The number of aromatic amines is 1. The molecule has 2 rings (SSSR count). The molecule has 0 fully saturated rings. The zero-order valence-electron chi connectivity index (χ0n) is 9.64. The predicted molar refractivity (Wildman–Crippen MR) is 70.3 cm³/mol. The second kappa shape index (κ2) is 5.22. The summed E-state index contributed by atoms with van der Waals surface area (Å²) in [6.45, 7) is 1.86. The number of rotatable bonds is 3. The molecule has 1 aromatic heterocycles. The van der Waals surface area contributed by atoms with Crippen molar-refractivity contribution in [2.45, 2.75) is 13.0 Å². The third-order valence-electron chi connectivity index (χ3n) is 2.58. The average molecular weight is 310 g/mol. The van der Waals surface area contributed by atoms with Crippen LogP contribution in [0, 0.1) is 0 Å². The van der Waals surface area contributed by atoms with E-state index in [2.05, 4.69) is 31.4 Å². The van der Waals surface area contributed by atoms with Crippen molar-refractivity contribution in [2.24, 2.45) is 0 Å². The number of phenolic OH excluding ortho intramolecular Hbond substituents is 1.